The van der Waals surface area contributed by atoms with E-state index in [-0.39, 0.29) is 21.7 Å². The summed E-state index contributed by atoms with van der Waals surface area (Å²) in [6.45, 7) is 9.46. The Balaban J connectivity index is 0. The first-order valence-electron chi connectivity index (χ1n) is 5.46. The van der Waals surface area contributed by atoms with Crippen LogP contribution in [-0.4, -0.2) is 58.6 Å². The Hall–Kier alpha value is 0.224. The first-order valence-corrected chi connectivity index (χ1v) is 5.46. The third-order valence-corrected chi connectivity index (χ3v) is 1.85. The van der Waals surface area contributed by atoms with Gasteiger partial charge in [0.2, 0.25) is 0 Å². The summed E-state index contributed by atoms with van der Waals surface area (Å²) in [5, 5.41) is 14.4. The average molecular weight is 262 g/mol. The predicted molar refractivity (Wildman–Crippen MR) is 63.1 cm³/mol. The molecule has 0 saturated carbocycles. The van der Waals surface area contributed by atoms with Crippen LogP contribution in [0.2, 0.25) is 0 Å². The molecule has 0 aromatic rings. The van der Waals surface area contributed by atoms with Crippen molar-refractivity contribution in [3.63, 3.8) is 0 Å². The number of hydrogen-bond donors (Lipinski definition) is 3. The molecule has 0 atom stereocenters. The molecular formula is C10H22N4OTi. The third kappa shape index (κ3) is 16.6. The molecular weight excluding hydrogens is 240 g/mol. The van der Waals surface area contributed by atoms with E-state index in [1.54, 1.807) is 0 Å². The summed E-state index contributed by atoms with van der Waals surface area (Å²) in [5.74, 6) is 0. The van der Waals surface area contributed by atoms with Crippen LogP contribution in [0, 0.1) is 0 Å². The summed E-state index contributed by atoms with van der Waals surface area (Å²) in [6, 6.07) is 0. The Morgan fingerprint density at radius 1 is 0.875 bits per heavy atom. The number of nitrogens with zero attached hydrogens (tertiary/aromatic N) is 1. The van der Waals surface area contributed by atoms with Crippen molar-refractivity contribution in [3.8, 4) is 0 Å². The average Bonchev–Trinajstić information content (AvgIpc) is 2.19. The van der Waals surface area contributed by atoms with Crippen LogP contribution in [-0.2, 0) is 26.5 Å². The van der Waals surface area contributed by atoms with Crippen LogP contribution < -0.4 is 16.0 Å². The minimum atomic E-state index is 0. The van der Waals surface area contributed by atoms with Gasteiger partial charge in [-0.3, -0.25) is 6.29 Å². The van der Waals surface area contributed by atoms with Gasteiger partial charge < -0.3 is 26.1 Å². The van der Waals surface area contributed by atoms with Crippen LogP contribution in [0.25, 0.3) is 5.32 Å². The molecule has 3 N–H and O–H groups in total. The van der Waals surface area contributed by atoms with Gasteiger partial charge in [0.05, 0.1) is 0 Å². The molecule has 5 nitrogen and oxygen atoms in total. The molecule has 0 unspecified atom stereocenters. The molecule has 1 rings (SSSR count). The largest absolute Gasteiger partial charge is 2.00 e. The van der Waals surface area contributed by atoms with Crippen molar-refractivity contribution < 1.29 is 26.5 Å². The van der Waals surface area contributed by atoms with Crippen LogP contribution in [0.1, 0.15) is 6.92 Å². The van der Waals surface area contributed by atoms with Crippen LogP contribution in [0.15, 0.2) is 0 Å². The van der Waals surface area contributed by atoms with Crippen LogP contribution in [0.3, 0.4) is 0 Å². The molecule has 1 aliphatic heterocycles. The van der Waals surface area contributed by atoms with Crippen LogP contribution in [0.4, 0.5) is 0 Å². The number of carbonyl (C=O) groups excluding carboxylic acids is 1. The number of rotatable bonds is 0. The molecule has 1 heterocycles. The van der Waals surface area contributed by atoms with Crippen molar-refractivity contribution in [3.05, 3.63) is 5.32 Å². The summed E-state index contributed by atoms with van der Waals surface area (Å²) in [4.78, 5) is 8.68. The Morgan fingerprint density at radius 3 is 1.56 bits per heavy atom. The summed E-state index contributed by atoms with van der Waals surface area (Å²) >= 11 is 0. The van der Waals surface area contributed by atoms with Gasteiger partial charge in [0, 0.05) is 26.2 Å². The Morgan fingerprint density at radius 2 is 1.19 bits per heavy atom. The van der Waals surface area contributed by atoms with E-state index < -0.39 is 0 Å². The van der Waals surface area contributed by atoms with Crippen molar-refractivity contribution in [2.45, 2.75) is 6.92 Å². The minimum absolute atomic E-state index is 0. The van der Waals surface area contributed by atoms with Gasteiger partial charge in [0.25, 0.3) is 0 Å². The fourth-order valence-electron chi connectivity index (χ4n) is 1.16. The fourth-order valence-corrected chi connectivity index (χ4v) is 1.16. The Kier molecular flexibility index (Phi) is 20.5. The smallest absolute Gasteiger partial charge is 0.660 e. The Labute approximate surface area is 113 Å². The summed E-state index contributed by atoms with van der Waals surface area (Å²) in [5.41, 5.74) is 0. The predicted octanol–water partition coefficient (Wildman–Crippen LogP) is -0.744. The van der Waals surface area contributed by atoms with Crippen molar-refractivity contribution in [1.29, 1.82) is 0 Å². The van der Waals surface area contributed by atoms with Gasteiger partial charge in [0.1, 0.15) is 0 Å². The molecule has 92 valence electrons. The van der Waals surface area contributed by atoms with Crippen LogP contribution >= 0.6 is 0 Å². The molecule has 0 bridgehead atoms. The first kappa shape index (κ1) is 18.6. The monoisotopic (exact) mass is 262 g/mol. The van der Waals surface area contributed by atoms with E-state index in [0.29, 0.717) is 0 Å². The number of nitrogens with one attached hydrogen (secondary N) is 3. The van der Waals surface area contributed by atoms with Gasteiger partial charge in [-0.15, -0.1) is 13.1 Å². The molecule has 1 fully saturated rings. The molecule has 0 radical (unpaired) electrons. The summed E-state index contributed by atoms with van der Waals surface area (Å²) in [6.07, 6.45) is 1.50. The molecule has 1 aliphatic rings. The fraction of sp³-hybridized carbons (Fsp3) is 0.900. The van der Waals surface area contributed by atoms with Gasteiger partial charge in [-0.05, 0) is 13.1 Å². The van der Waals surface area contributed by atoms with Gasteiger partial charge in [-0.2, -0.15) is 6.92 Å². The van der Waals surface area contributed by atoms with Gasteiger partial charge in [-0.1, -0.05) is 0 Å². The molecule has 16 heavy (non-hydrogen) atoms. The molecule has 1 saturated heterocycles. The third-order valence-electron chi connectivity index (χ3n) is 1.85. The zero-order valence-corrected chi connectivity index (χ0v) is 11.6. The van der Waals surface area contributed by atoms with Crippen molar-refractivity contribution >= 4 is 6.29 Å². The maximum Gasteiger partial charge on any atom is 2.00 e. The number of hydrogen-bond acceptors (Lipinski definition) is 4. The van der Waals surface area contributed by atoms with E-state index in [0.717, 1.165) is 52.4 Å². The van der Waals surface area contributed by atoms with E-state index in [2.05, 4.69) is 21.3 Å². The summed E-state index contributed by atoms with van der Waals surface area (Å²) in [7, 11) is 0. The van der Waals surface area contributed by atoms with Gasteiger partial charge in [-0.25, -0.2) is 0 Å². The first-order chi connectivity index (χ1) is 7.41. The zero-order valence-electron chi connectivity index (χ0n) is 10.0. The molecule has 0 amide bonds. The normalized spacial score (nSPS) is 18.8. The zero-order chi connectivity index (χ0) is 11.2. The quantitative estimate of drug-likeness (QED) is 0.397. The molecule has 0 aliphatic carbocycles. The van der Waals surface area contributed by atoms with Crippen LogP contribution in [0.5, 0.6) is 0 Å². The van der Waals surface area contributed by atoms with Gasteiger partial charge >= 0.3 is 21.7 Å². The molecule has 0 aromatic heterocycles. The summed E-state index contributed by atoms with van der Waals surface area (Å²) < 4.78 is 0. The maximum atomic E-state index is 8.68. The maximum absolute atomic E-state index is 8.68. The second-order valence-corrected chi connectivity index (χ2v) is 3.12. The molecule has 0 aromatic carbocycles. The van der Waals surface area contributed by atoms with E-state index in [1.165, 1.54) is 13.2 Å². The minimum Gasteiger partial charge on any atom is -0.660 e. The SMILES string of the molecule is C1CNCCNCCNCC[N-]1.C[C-]=O.[Ti+2]. The topological polar surface area (TPSA) is 67.3 Å². The Bertz CT molecular complexity index is 95.0. The van der Waals surface area contributed by atoms with E-state index in [9.17, 15) is 0 Å². The van der Waals surface area contributed by atoms with Crippen molar-refractivity contribution in [2.75, 3.05) is 52.4 Å². The van der Waals surface area contributed by atoms with E-state index in [1.807, 2.05) is 0 Å². The van der Waals surface area contributed by atoms with Gasteiger partial charge in [0.15, 0.2) is 0 Å². The van der Waals surface area contributed by atoms with E-state index >= 15 is 0 Å². The standard InChI is InChI=1S/C8H19N4.C2H3O.Ti/c1-2-10-5-6-12-8-7-11-4-3-9-1;1-2-3;/h9-11H,1-8H2;1H3;/q2*-1;+2. The molecule has 0 spiro atoms. The van der Waals surface area contributed by atoms with E-state index in [4.69, 9.17) is 4.79 Å². The van der Waals surface area contributed by atoms with Crippen molar-refractivity contribution in [1.82, 2.24) is 16.0 Å². The second kappa shape index (κ2) is 17.6. The second-order valence-electron chi connectivity index (χ2n) is 3.12. The van der Waals surface area contributed by atoms with Crippen molar-refractivity contribution in [2.24, 2.45) is 0 Å². The molecule has 6 heteroatoms.